The van der Waals surface area contributed by atoms with Crippen molar-refractivity contribution in [3.63, 3.8) is 0 Å². The summed E-state index contributed by atoms with van der Waals surface area (Å²) in [6.07, 6.45) is 6.15. The summed E-state index contributed by atoms with van der Waals surface area (Å²) < 4.78 is 0. The van der Waals surface area contributed by atoms with Crippen molar-refractivity contribution in [3.8, 4) is 11.3 Å². The first-order chi connectivity index (χ1) is 13.7. The Kier molecular flexibility index (Phi) is 8.59. The quantitative estimate of drug-likeness (QED) is 0.261. The average molecular weight is 411 g/mol. The Bertz CT molecular complexity index is 814. The number of aromatic nitrogens is 1. The number of pyridine rings is 1. The van der Waals surface area contributed by atoms with Gasteiger partial charge in [-0.15, -0.1) is 23.1 Å². The molecule has 0 saturated carbocycles. The number of hydrogen-bond acceptors (Lipinski definition) is 4. The minimum atomic E-state index is 0.977. The molecule has 0 aliphatic heterocycles. The van der Waals surface area contributed by atoms with Crippen LogP contribution in [0, 0.1) is 0 Å². The average Bonchev–Trinajstić information content (AvgIpc) is 3.22. The van der Waals surface area contributed by atoms with Crippen molar-refractivity contribution < 1.29 is 0 Å². The summed E-state index contributed by atoms with van der Waals surface area (Å²) in [4.78, 5) is 8.71. The molecule has 1 aromatic carbocycles. The molecule has 0 bridgehead atoms. The standard InChI is InChI=1S/C24H30N2S2/c1-26(2)16-8-3-4-9-17-28-24-21(19-22-13-10-18-27-22)14-15-23(25-24)20-11-6-5-7-12-20/h5-7,10-15,18H,3-4,8-9,16-17,19H2,1-2H3. The number of hydrogen-bond donors (Lipinski definition) is 0. The number of rotatable bonds is 11. The van der Waals surface area contributed by atoms with Crippen molar-refractivity contribution in [2.75, 3.05) is 26.4 Å². The van der Waals surface area contributed by atoms with Crippen molar-refractivity contribution in [1.82, 2.24) is 9.88 Å². The molecule has 0 fully saturated rings. The maximum atomic E-state index is 5.04. The molecular weight excluding hydrogens is 380 g/mol. The van der Waals surface area contributed by atoms with Crippen molar-refractivity contribution in [3.05, 3.63) is 70.4 Å². The molecule has 0 atom stereocenters. The van der Waals surface area contributed by atoms with Gasteiger partial charge in [-0.1, -0.05) is 55.3 Å². The summed E-state index contributed by atoms with van der Waals surface area (Å²) in [5.41, 5.74) is 3.61. The maximum Gasteiger partial charge on any atom is 0.100 e. The Morgan fingerprint density at radius 1 is 0.893 bits per heavy atom. The molecule has 2 nitrogen and oxygen atoms in total. The van der Waals surface area contributed by atoms with Crippen LogP contribution in [0.15, 0.2) is 65.0 Å². The van der Waals surface area contributed by atoms with Crippen LogP contribution < -0.4 is 0 Å². The van der Waals surface area contributed by atoms with Crippen LogP contribution in [0.4, 0.5) is 0 Å². The SMILES string of the molecule is CN(C)CCCCCCSc1nc(-c2ccccc2)ccc1Cc1cccs1. The molecule has 0 N–H and O–H groups in total. The Hall–Kier alpha value is -1.62. The minimum Gasteiger partial charge on any atom is -0.309 e. The van der Waals surface area contributed by atoms with Gasteiger partial charge in [0.25, 0.3) is 0 Å². The van der Waals surface area contributed by atoms with Crippen LogP contribution in [-0.2, 0) is 6.42 Å². The highest BCUT2D eigenvalue weighted by Gasteiger charge is 2.10. The zero-order chi connectivity index (χ0) is 19.6. The first kappa shape index (κ1) is 21.1. The summed E-state index contributed by atoms with van der Waals surface area (Å²) >= 11 is 3.75. The van der Waals surface area contributed by atoms with Crippen LogP contribution in [-0.4, -0.2) is 36.3 Å². The van der Waals surface area contributed by atoms with Crippen LogP contribution in [0.25, 0.3) is 11.3 Å². The maximum absolute atomic E-state index is 5.04. The van der Waals surface area contributed by atoms with Crippen molar-refractivity contribution in [2.45, 2.75) is 37.1 Å². The predicted octanol–water partition coefficient (Wildman–Crippen LogP) is 6.62. The highest BCUT2D eigenvalue weighted by Crippen LogP contribution is 2.29. The van der Waals surface area contributed by atoms with Gasteiger partial charge in [-0.2, -0.15) is 0 Å². The highest BCUT2D eigenvalue weighted by molar-refractivity contribution is 7.99. The molecule has 0 aliphatic rings. The number of nitrogens with zero attached hydrogens (tertiary/aromatic N) is 2. The highest BCUT2D eigenvalue weighted by atomic mass is 32.2. The molecule has 148 valence electrons. The molecule has 4 heteroatoms. The van der Waals surface area contributed by atoms with Gasteiger partial charge in [-0.05, 0) is 62.3 Å². The van der Waals surface area contributed by atoms with E-state index in [1.807, 2.05) is 23.1 Å². The molecule has 0 unspecified atom stereocenters. The second kappa shape index (κ2) is 11.4. The fourth-order valence-electron chi connectivity index (χ4n) is 3.15. The summed E-state index contributed by atoms with van der Waals surface area (Å²) in [5, 5.41) is 3.35. The van der Waals surface area contributed by atoms with Gasteiger partial charge >= 0.3 is 0 Å². The molecule has 3 aromatic rings. The smallest absolute Gasteiger partial charge is 0.100 e. The van der Waals surface area contributed by atoms with Gasteiger partial charge in [-0.25, -0.2) is 4.98 Å². The van der Waals surface area contributed by atoms with Gasteiger partial charge in [0.15, 0.2) is 0 Å². The van der Waals surface area contributed by atoms with E-state index in [2.05, 4.69) is 79.0 Å². The molecule has 2 heterocycles. The topological polar surface area (TPSA) is 16.1 Å². The van der Waals surface area contributed by atoms with Gasteiger partial charge in [0.05, 0.1) is 5.69 Å². The first-order valence-corrected chi connectivity index (χ1v) is 11.9. The third-order valence-corrected chi connectivity index (χ3v) is 6.69. The normalized spacial score (nSPS) is 11.2. The third-order valence-electron chi connectivity index (χ3n) is 4.69. The van der Waals surface area contributed by atoms with Crippen LogP contribution >= 0.6 is 23.1 Å². The van der Waals surface area contributed by atoms with Crippen molar-refractivity contribution in [1.29, 1.82) is 0 Å². The lowest BCUT2D eigenvalue weighted by Crippen LogP contribution is -2.12. The summed E-state index contributed by atoms with van der Waals surface area (Å²) in [6.45, 7) is 1.19. The van der Waals surface area contributed by atoms with E-state index >= 15 is 0 Å². The number of benzene rings is 1. The van der Waals surface area contributed by atoms with E-state index in [-0.39, 0.29) is 0 Å². The minimum absolute atomic E-state index is 0.977. The molecule has 3 rings (SSSR count). The fourth-order valence-corrected chi connectivity index (χ4v) is 4.91. The zero-order valence-electron chi connectivity index (χ0n) is 16.9. The Morgan fingerprint density at radius 3 is 2.46 bits per heavy atom. The largest absolute Gasteiger partial charge is 0.309 e. The van der Waals surface area contributed by atoms with Crippen molar-refractivity contribution >= 4 is 23.1 Å². The molecule has 28 heavy (non-hydrogen) atoms. The second-order valence-electron chi connectivity index (χ2n) is 7.35. The van der Waals surface area contributed by atoms with E-state index in [1.54, 1.807) is 0 Å². The van der Waals surface area contributed by atoms with Gasteiger partial charge in [-0.3, -0.25) is 0 Å². The predicted molar refractivity (Wildman–Crippen MR) is 125 cm³/mol. The Morgan fingerprint density at radius 2 is 1.71 bits per heavy atom. The summed E-state index contributed by atoms with van der Waals surface area (Å²) in [5.74, 6) is 1.14. The van der Waals surface area contributed by atoms with E-state index in [1.165, 1.54) is 53.3 Å². The Balaban J connectivity index is 1.63. The van der Waals surface area contributed by atoms with E-state index in [0.717, 1.165) is 17.9 Å². The molecule has 0 saturated heterocycles. The van der Waals surface area contributed by atoms with Gasteiger partial charge < -0.3 is 4.90 Å². The van der Waals surface area contributed by atoms with E-state index in [0.29, 0.717) is 0 Å². The molecule has 2 aromatic heterocycles. The molecule has 0 spiro atoms. The number of thioether (sulfide) groups is 1. The van der Waals surface area contributed by atoms with Gasteiger partial charge in [0.2, 0.25) is 0 Å². The Labute approximate surface area is 178 Å². The summed E-state index contributed by atoms with van der Waals surface area (Å²) in [6, 6.07) is 19.3. The van der Waals surface area contributed by atoms with E-state index in [9.17, 15) is 0 Å². The lowest BCUT2D eigenvalue weighted by atomic mass is 10.1. The summed E-state index contributed by atoms with van der Waals surface area (Å²) in [7, 11) is 4.30. The number of thiophene rings is 1. The molecule has 0 radical (unpaired) electrons. The first-order valence-electron chi connectivity index (χ1n) is 10.1. The molecule has 0 amide bonds. The van der Waals surface area contributed by atoms with E-state index in [4.69, 9.17) is 4.98 Å². The fraction of sp³-hybridized carbons (Fsp3) is 0.375. The van der Waals surface area contributed by atoms with Gasteiger partial charge in [0.1, 0.15) is 5.03 Å². The van der Waals surface area contributed by atoms with E-state index < -0.39 is 0 Å². The van der Waals surface area contributed by atoms with Crippen LogP contribution in [0.5, 0.6) is 0 Å². The molecule has 0 aliphatic carbocycles. The second-order valence-corrected chi connectivity index (χ2v) is 9.46. The van der Waals surface area contributed by atoms with Crippen LogP contribution in [0.1, 0.15) is 36.1 Å². The van der Waals surface area contributed by atoms with Gasteiger partial charge in [0, 0.05) is 16.9 Å². The third kappa shape index (κ3) is 6.77. The van der Waals surface area contributed by atoms with Crippen LogP contribution in [0.2, 0.25) is 0 Å². The number of unbranched alkanes of at least 4 members (excludes halogenated alkanes) is 3. The van der Waals surface area contributed by atoms with Crippen LogP contribution in [0.3, 0.4) is 0 Å². The lowest BCUT2D eigenvalue weighted by Gasteiger charge is -2.11. The monoisotopic (exact) mass is 410 g/mol. The molecular formula is C24H30N2S2. The lowest BCUT2D eigenvalue weighted by molar-refractivity contribution is 0.391. The zero-order valence-corrected chi connectivity index (χ0v) is 18.6. The van der Waals surface area contributed by atoms with Crippen molar-refractivity contribution in [2.24, 2.45) is 0 Å².